The molecule has 0 aliphatic carbocycles. The molecule has 0 saturated carbocycles. The molecule has 1 aliphatic heterocycles. The number of piperidine rings is 1. The molecule has 5 nitrogen and oxygen atoms in total. The van der Waals surface area contributed by atoms with Gasteiger partial charge in [-0.25, -0.2) is 0 Å². The Labute approximate surface area is 125 Å². The molecule has 1 aliphatic rings. The number of hydrogen-bond acceptors (Lipinski definition) is 3. The first-order chi connectivity index (χ1) is 10.2. The minimum atomic E-state index is -0.00372. The van der Waals surface area contributed by atoms with E-state index < -0.39 is 0 Å². The minimum Gasteiger partial charge on any atom is -0.376 e. The highest BCUT2D eigenvalue weighted by Gasteiger charge is 2.15. The van der Waals surface area contributed by atoms with Crippen molar-refractivity contribution in [2.24, 2.45) is 0 Å². The van der Waals surface area contributed by atoms with Crippen molar-refractivity contribution >= 4 is 23.2 Å². The van der Waals surface area contributed by atoms with Crippen LogP contribution in [0.4, 0.5) is 11.4 Å². The summed E-state index contributed by atoms with van der Waals surface area (Å²) in [5, 5.41) is 5.93. The average Bonchev–Trinajstić information content (AvgIpc) is 2.54. The predicted octanol–water partition coefficient (Wildman–Crippen LogP) is 2.46. The van der Waals surface area contributed by atoms with Crippen LogP contribution in [-0.2, 0) is 9.59 Å². The Morgan fingerprint density at radius 3 is 2.29 bits per heavy atom. The summed E-state index contributed by atoms with van der Waals surface area (Å²) in [6.07, 6.45) is 3.90. The van der Waals surface area contributed by atoms with Crippen molar-refractivity contribution in [3.8, 4) is 0 Å². The number of amides is 2. The van der Waals surface area contributed by atoms with Crippen LogP contribution in [0.25, 0.3) is 0 Å². The zero-order valence-electron chi connectivity index (χ0n) is 12.5. The van der Waals surface area contributed by atoms with Crippen molar-refractivity contribution in [3.63, 3.8) is 0 Å². The van der Waals surface area contributed by atoms with Gasteiger partial charge in [0.2, 0.25) is 11.8 Å². The molecule has 1 aromatic rings. The van der Waals surface area contributed by atoms with Crippen LogP contribution >= 0.6 is 0 Å². The molecule has 2 amide bonds. The van der Waals surface area contributed by atoms with Crippen LogP contribution in [0.15, 0.2) is 24.3 Å². The van der Waals surface area contributed by atoms with E-state index in [1.54, 1.807) is 0 Å². The number of carbonyl (C=O) groups is 2. The molecule has 1 heterocycles. The Hall–Kier alpha value is -2.04. The zero-order valence-corrected chi connectivity index (χ0v) is 12.5. The number of rotatable bonds is 5. The molecule has 0 bridgehead atoms. The fraction of sp³-hybridized carbons (Fsp3) is 0.500. The van der Waals surface area contributed by atoms with Gasteiger partial charge < -0.3 is 15.5 Å². The molecule has 114 valence electrons. The summed E-state index contributed by atoms with van der Waals surface area (Å²) < 4.78 is 0. The van der Waals surface area contributed by atoms with Crippen LogP contribution < -0.4 is 10.6 Å². The maximum absolute atomic E-state index is 12.0. The van der Waals surface area contributed by atoms with Gasteiger partial charge in [0.25, 0.3) is 0 Å². The van der Waals surface area contributed by atoms with Gasteiger partial charge in [0.15, 0.2) is 0 Å². The molecule has 21 heavy (non-hydrogen) atoms. The van der Waals surface area contributed by atoms with Crippen molar-refractivity contribution in [2.75, 3.05) is 30.3 Å². The lowest BCUT2D eigenvalue weighted by molar-refractivity contribution is -0.130. The highest BCUT2D eigenvalue weighted by molar-refractivity contribution is 5.90. The molecule has 2 N–H and O–H groups in total. The van der Waals surface area contributed by atoms with Crippen LogP contribution in [0.1, 0.15) is 32.6 Å². The summed E-state index contributed by atoms with van der Waals surface area (Å²) in [4.78, 5) is 25.2. The van der Waals surface area contributed by atoms with Crippen LogP contribution in [0.2, 0.25) is 0 Å². The van der Waals surface area contributed by atoms with E-state index >= 15 is 0 Å². The fourth-order valence-electron chi connectivity index (χ4n) is 2.35. The molecule has 0 aromatic heterocycles. The topological polar surface area (TPSA) is 61.4 Å². The Morgan fingerprint density at radius 1 is 1.05 bits per heavy atom. The minimum absolute atomic E-state index is 0.00372. The Bertz CT molecular complexity index is 479. The standard InChI is InChI=1S/C16H23N3O2/c1-2-15(20)18-14-8-6-13(7-9-14)17-12-16(21)19-10-4-3-5-11-19/h6-9,17H,2-5,10-12H2,1H3,(H,18,20). The van der Waals surface area contributed by atoms with E-state index in [2.05, 4.69) is 10.6 Å². The third-order valence-corrected chi connectivity index (χ3v) is 3.64. The van der Waals surface area contributed by atoms with Gasteiger partial charge in [-0.1, -0.05) is 6.92 Å². The van der Waals surface area contributed by atoms with Crippen LogP contribution in [0.3, 0.4) is 0 Å². The van der Waals surface area contributed by atoms with E-state index in [0.29, 0.717) is 13.0 Å². The maximum Gasteiger partial charge on any atom is 0.241 e. The van der Waals surface area contributed by atoms with Crippen molar-refractivity contribution in [1.29, 1.82) is 0 Å². The van der Waals surface area contributed by atoms with Crippen molar-refractivity contribution < 1.29 is 9.59 Å². The number of nitrogens with zero attached hydrogens (tertiary/aromatic N) is 1. The van der Waals surface area contributed by atoms with Crippen LogP contribution in [0.5, 0.6) is 0 Å². The highest BCUT2D eigenvalue weighted by atomic mass is 16.2. The lowest BCUT2D eigenvalue weighted by Crippen LogP contribution is -2.39. The molecule has 1 aromatic carbocycles. The molecule has 0 radical (unpaired) electrons. The molecule has 1 fully saturated rings. The van der Waals surface area contributed by atoms with Gasteiger partial charge in [-0.05, 0) is 43.5 Å². The summed E-state index contributed by atoms with van der Waals surface area (Å²) >= 11 is 0. The van der Waals surface area contributed by atoms with Crippen molar-refractivity contribution in [3.05, 3.63) is 24.3 Å². The maximum atomic E-state index is 12.0. The van der Waals surface area contributed by atoms with Gasteiger partial charge >= 0.3 is 0 Å². The highest BCUT2D eigenvalue weighted by Crippen LogP contribution is 2.14. The first kappa shape index (κ1) is 15.4. The lowest BCUT2D eigenvalue weighted by atomic mass is 10.1. The van der Waals surface area contributed by atoms with E-state index in [-0.39, 0.29) is 11.8 Å². The summed E-state index contributed by atoms with van der Waals surface area (Å²) in [5.74, 6) is 0.147. The monoisotopic (exact) mass is 289 g/mol. The second kappa shape index (κ2) is 7.67. The van der Waals surface area contributed by atoms with E-state index in [4.69, 9.17) is 0 Å². The predicted molar refractivity (Wildman–Crippen MR) is 84.3 cm³/mol. The third kappa shape index (κ3) is 4.77. The Balaban J connectivity index is 1.80. The van der Waals surface area contributed by atoms with E-state index in [0.717, 1.165) is 37.3 Å². The normalized spacial score (nSPS) is 14.6. The third-order valence-electron chi connectivity index (χ3n) is 3.64. The van der Waals surface area contributed by atoms with E-state index in [9.17, 15) is 9.59 Å². The fourth-order valence-corrected chi connectivity index (χ4v) is 2.35. The second-order valence-corrected chi connectivity index (χ2v) is 5.27. The van der Waals surface area contributed by atoms with E-state index in [1.165, 1.54) is 6.42 Å². The van der Waals surface area contributed by atoms with Gasteiger partial charge in [-0.2, -0.15) is 0 Å². The van der Waals surface area contributed by atoms with Crippen LogP contribution in [-0.4, -0.2) is 36.3 Å². The van der Waals surface area contributed by atoms with Gasteiger partial charge in [-0.3, -0.25) is 9.59 Å². The van der Waals surface area contributed by atoms with E-state index in [1.807, 2.05) is 36.1 Å². The number of nitrogens with one attached hydrogen (secondary N) is 2. The molecule has 0 unspecified atom stereocenters. The molecular formula is C16H23N3O2. The molecule has 2 rings (SSSR count). The first-order valence-electron chi connectivity index (χ1n) is 7.60. The SMILES string of the molecule is CCC(=O)Nc1ccc(NCC(=O)N2CCCCC2)cc1. The first-order valence-corrected chi connectivity index (χ1v) is 7.60. The Morgan fingerprint density at radius 2 is 1.67 bits per heavy atom. The lowest BCUT2D eigenvalue weighted by Gasteiger charge is -2.26. The van der Waals surface area contributed by atoms with Crippen LogP contribution in [0, 0.1) is 0 Å². The molecule has 1 saturated heterocycles. The Kier molecular flexibility index (Phi) is 5.60. The van der Waals surface area contributed by atoms with Crippen molar-refractivity contribution in [2.45, 2.75) is 32.6 Å². The summed E-state index contributed by atoms with van der Waals surface area (Å²) in [6.45, 7) is 3.89. The molecule has 5 heteroatoms. The van der Waals surface area contributed by atoms with Crippen molar-refractivity contribution in [1.82, 2.24) is 4.90 Å². The quantitative estimate of drug-likeness (QED) is 0.875. The van der Waals surface area contributed by atoms with Gasteiger partial charge in [0.1, 0.15) is 0 Å². The summed E-state index contributed by atoms with van der Waals surface area (Å²) in [7, 11) is 0. The number of anilines is 2. The zero-order chi connectivity index (χ0) is 15.1. The summed E-state index contributed by atoms with van der Waals surface area (Å²) in [5.41, 5.74) is 1.66. The smallest absolute Gasteiger partial charge is 0.241 e. The largest absolute Gasteiger partial charge is 0.376 e. The molecule has 0 atom stereocenters. The number of hydrogen-bond donors (Lipinski definition) is 2. The number of benzene rings is 1. The molecular weight excluding hydrogens is 266 g/mol. The average molecular weight is 289 g/mol. The number of likely N-dealkylation sites (tertiary alicyclic amines) is 1. The summed E-state index contributed by atoms with van der Waals surface area (Å²) in [6, 6.07) is 7.41. The number of carbonyl (C=O) groups excluding carboxylic acids is 2. The molecule has 0 spiro atoms. The van der Waals surface area contributed by atoms with Gasteiger partial charge in [-0.15, -0.1) is 0 Å². The van der Waals surface area contributed by atoms with Gasteiger partial charge in [0, 0.05) is 30.9 Å². The second-order valence-electron chi connectivity index (χ2n) is 5.27. The van der Waals surface area contributed by atoms with Gasteiger partial charge in [0.05, 0.1) is 6.54 Å².